The third-order valence-corrected chi connectivity index (χ3v) is 3.28. The van der Waals surface area contributed by atoms with E-state index in [9.17, 15) is 4.39 Å². The average molecular weight is 212 g/mol. The van der Waals surface area contributed by atoms with Gasteiger partial charge in [0.25, 0.3) is 0 Å². The molecule has 1 aromatic carbocycles. The molecule has 0 saturated carbocycles. The lowest BCUT2D eigenvalue weighted by Crippen LogP contribution is -1.82. The fourth-order valence-electron chi connectivity index (χ4n) is 1.38. The number of ether oxygens (including phenoxy) is 1. The summed E-state index contributed by atoms with van der Waals surface area (Å²) in [5.41, 5.74) is 0.731. The van der Waals surface area contributed by atoms with Crippen LogP contribution < -0.4 is 4.74 Å². The predicted octanol–water partition coefficient (Wildman–Crippen LogP) is 2.54. The molecule has 1 heterocycles. The number of hydrogen-bond donors (Lipinski definition) is 1. The number of benzene rings is 1. The molecule has 0 atom stereocenters. The third-order valence-electron chi connectivity index (χ3n) is 2.06. The Morgan fingerprint density at radius 1 is 1.50 bits per heavy atom. The van der Waals surface area contributed by atoms with Gasteiger partial charge in [-0.2, -0.15) is 0 Å². The first kappa shape index (κ1) is 9.43. The van der Waals surface area contributed by atoms with Gasteiger partial charge in [-0.1, -0.05) is 29.5 Å². The van der Waals surface area contributed by atoms with Gasteiger partial charge >= 0.3 is 0 Å². The minimum Gasteiger partial charge on any atom is -0.485 e. The molecule has 0 aliphatic carbocycles. The molecule has 0 aliphatic rings. The van der Waals surface area contributed by atoms with Gasteiger partial charge in [0.15, 0.2) is 5.82 Å². The first-order valence-corrected chi connectivity index (χ1v) is 4.94. The highest BCUT2D eigenvalue weighted by atomic mass is 32.1. The number of methoxy groups -OCH3 is 1. The van der Waals surface area contributed by atoms with Crippen molar-refractivity contribution in [3.05, 3.63) is 29.6 Å². The van der Waals surface area contributed by atoms with Crippen LogP contribution in [0, 0.1) is 5.82 Å². The number of fused-ring (bicyclic) bond motifs is 1. The van der Waals surface area contributed by atoms with Gasteiger partial charge in [0.05, 0.1) is 13.7 Å². The molecular formula is C10H9FO2S. The van der Waals surface area contributed by atoms with E-state index in [1.54, 1.807) is 18.2 Å². The van der Waals surface area contributed by atoms with Gasteiger partial charge in [-0.05, 0) is 5.56 Å². The normalized spacial score (nSPS) is 10.8. The average Bonchev–Trinajstić information content (AvgIpc) is 2.55. The van der Waals surface area contributed by atoms with Crippen LogP contribution in [-0.2, 0) is 6.61 Å². The van der Waals surface area contributed by atoms with Crippen LogP contribution in [0.4, 0.5) is 4.39 Å². The van der Waals surface area contributed by atoms with Crippen LogP contribution in [0.15, 0.2) is 18.2 Å². The van der Waals surface area contributed by atoms with Crippen LogP contribution in [0.5, 0.6) is 5.06 Å². The second-order valence-electron chi connectivity index (χ2n) is 2.86. The minimum atomic E-state index is -0.345. The van der Waals surface area contributed by atoms with Crippen molar-refractivity contribution < 1.29 is 14.2 Å². The van der Waals surface area contributed by atoms with E-state index in [2.05, 4.69) is 0 Å². The Morgan fingerprint density at radius 2 is 2.29 bits per heavy atom. The zero-order valence-corrected chi connectivity index (χ0v) is 8.40. The van der Waals surface area contributed by atoms with Gasteiger partial charge < -0.3 is 9.84 Å². The summed E-state index contributed by atoms with van der Waals surface area (Å²) in [4.78, 5) is 0. The Labute approximate surface area is 84.6 Å². The van der Waals surface area contributed by atoms with Crippen molar-refractivity contribution in [3.8, 4) is 5.06 Å². The quantitative estimate of drug-likeness (QED) is 0.829. The van der Waals surface area contributed by atoms with Gasteiger partial charge in [-0.15, -0.1) is 0 Å². The molecule has 74 valence electrons. The Hall–Kier alpha value is -1.13. The van der Waals surface area contributed by atoms with E-state index < -0.39 is 0 Å². The van der Waals surface area contributed by atoms with Crippen LogP contribution in [0.1, 0.15) is 5.56 Å². The van der Waals surface area contributed by atoms with Gasteiger partial charge in [-0.25, -0.2) is 4.39 Å². The number of thiophene rings is 1. The van der Waals surface area contributed by atoms with Crippen molar-refractivity contribution >= 4 is 21.4 Å². The molecular weight excluding hydrogens is 203 g/mol. The Kier molecular flexibility index (Phi) is 2.39. The van der Waals surface area contributed by atoms with E-state index in [4.69, 9.17) is 9.84 Å². The van der Waals surface area contributed by atoms with Crippen LogP contribution in [0.2, 0.25) is 0 Å². The standard InChI is InChI=1S/C10H9FO2S/c1-13-10-8(11)7-4-2-3-6(5-12)9(7)14-10/h2-4,12H,5H2,1H3. The molecule has 0 unspecified atom stereocenters. The molecule has 0 amide bonds. The maximum Gasteiger partial charge on any atom is 0.211 e. The summed E-state index contributed by atoms with van der Waals surface area (Å²) in [5, 5.41) is 9.83. The van der Waals surface area contributed by atoms with E-state index in [0.29, 0.717) is 5.39 Å². The van der Waals surface area contributed by atoms with Gasteiger partial charge in [0.1, 0.15) is 0 Å². The van der Waals surface area contributed by atoms with Crippen molar-refractivity contribution in [1.29, 1.82) is 0 Å². The highest BCUT2D eigenvalue weighted by molar-refractivity contribution is 7.21. The fraction of sp³-hybridized carbons (Fsp3) is 0.200. The molecule has 0 spiro atoms. The van der Waals surface area contributed by atoms with Gasteiger partial charge in [0, 0.05) is 10.1 Å². The highest BCUT2D eigenvalue weighted by Gasteiger charge is 2.14. The second kappa shape index (κ2) is 3.55. The summed E-state index contributed by atoms with van der Waals surface area (Å²) in [6, 6.07) is 5.18. The monoisotopic (exact) mass is 212 g/mol. The summed E-state index contributed by atoms with van der Waals surface area (Å²) in [6.45, 7) is -0.0829. The lowest BCUT2D eigenvalue weighted by Gasteiger charge is -1.95. The Morgan fingerprint density at radius 3 is 2.93 bits per heavy atom. The zero-order valence-electron chi connectivity index (χ0n) is 7.58. The Bertz CT molecular complexity index is 464. The van der Waals surface area contributed by atoms with E-state index in [1.807, 2.05) is 0 Å². The summed E-state index contributed by atoms with van der Waals surface area (Å²) in [7, 11) is 1.44. The lowest BCUT2D eigenvalue weighted by atomic mass is 10.2. The van der Waals surface area contributed by atoms with Crippen molar-refractivity contribution in [3.63, 3.8) is 0 Å². The first-order valence-electron chi connectivity index (χ1n) is 4.12. The number of halogens is 1. The van der Waals surface area contributed by atoms with Crippen LogP contribution in [0.25, 0.3) is 10.1 Å². The fourth-order valence-corrected chi connectivity index (χ4v) is 2.38. The van der Waals surface area contributed by atoms with Crippen LogP contribution in [0.3, 0.4) is 0 Å². The molecule has 0 radical (unpaired) electrons. The largest absolute Gasteiger partial charge is 0.485 e. The number of hydrogen-bond acceptors (Lipinski definition) is 3. The molecule has 14 heavy (non-hydrogen) atoms. The summed E-state index contributed by atoms with van der Waals surface area (Å²) in [5.74, 6) is -0.345. The second-order valence-corrected chi connectivity index (χ2v) is 3.84. The topological polar surface area (TPSA) is 29.5 Å². The highest BCUT2D eigenvalue weighted by Crippen LogP contribution is 2.37. The molecule has 0 bridgehead atoms. The van der Waals surface area contributed by atoms with Crippen molar-refractivity contribution in [2.45, 2.75) is 6.61 Å². The lowest BCUT2D eigenvalue weighted by molar-refractivity contribution is 0.283. The number of aliphatic hydroxyl groups is 1. The Balaban J connectivity index is 2.77. The number of rotatable bonds is 2. The molecule has 1 aromatic heterocycles. The number of aliphatic hydroxyl groups excluding tert-OH is 1. The van der Waals surface area contributed by atoms with E-state index in [0.717, 1.165) is 10.3 Å². The van der Waals surface area contributed by atoms with Crippen molar-refractivity contribution in [2.75, 3.05) is 7.11 Å². The van der Waals surface area contributed by atoms with Crippen LogP contribution in [-0.4, -0.2) is 12.2 Å². The molecule has 0 aliphatic heterocycles. The maximum atomic E-state index is 13.5. The van der Waals surface area contributed by atoms with E-state index in [-0.39, 0.29) is 17.5 Å². The first-order chi connectivity index (χ1) is 6.77. The SMILES string of the molecule is COc1sc2c(CO)cccc2c1F. The molecule has 2 nitrogen and oxygen atoms in total. The van der Waals surface area contributed by atoms with E-state index in [1.165, 1.54) is 18.4 Å². The molecule has 0 saturated heterocycles. The van der Waals surface area contributed by atoms with Gasteiger partial charge in [0.2, 0.25) is 5.06 Å². The summed E-state index contributed by atoms with van der Waals surface area (Å²) < 4.78 is 19.2. The third kappa shape index (κ3) is 1.27. The minimum absolute atomic E-state index is 0.0829. The summed E-state index contributed by atoms with van der Waals surface area (Å²) in [6.07, 6.45) is 0. The van der Waals surface area contributed by atoms with Crippen molar-refractivity contribution in [2.24, 2.45) is 0 Å². The molecule has 0 fully saturated rings. The zero-order chi connectivity index (χ0) is 10.1. The van der Waals surface area contributed by atoms with Gasteiger partial charge in [-0.3, -0.25) is 0 Å². The van der Waals surface area contributed by atoms with E-state index >= 15 is 0 Å². The van der Waals surface area contributed by atoms with Crippen LogP contribution >= 0.6 is 11.3 Å². The maximum absolute atomic E-state index is 13.5. The molecule has 4 heteroatoms. The summed E-state index contributed by atoms with van der Waals surface area (Å²) >= 11 is 1.22. The molecule has 2 aromatic rings. The predicted molar refractivity (Wildman–Crippen MR) is 54.3 cm³/mol. The molecule has 1 N–H and O–H groups in total. The molecule has 2 rings (SSSR count). The smallest absolute Gasteiger partial charge is 0.211 e. The van der Waals surface area contributed by atoms with Crippen molar-refractivity contribution in [1.82, 2.24) is 0 Å².